The van der Waals surface area contributed by atoms with E-state index in [9.17, 15) is 24.0 Å². The summed E-state index contributed by atoms with van der Waals surface area (Å²) in [7, 11) is 3.42. The Morgan fingerprint density at radius 1 is 0.986 bits per heavy atom. The minimum absolute atomic E-state index is 0.0707. The van der Waals surface area contributed by atoms with Crippen molar-refractivity contribution in [2.45, 2.75) is 156 Å². The molecule has 74 heavy (non-hydrogen) atoms. The number of benzene rings is 2. The molecule has 2 aliphatic heterocycles. The Morgan fingerprint density at radius 3 is 2.39 bits per heavy atom. The molecular formula is C56H78N12O6. The first kappa shape index (κ1) is 56.5. The SMILES string of the molecule is [C-]#[N+]c1nn(CCNC(=O)CCCCCCCCN[C@H]2C[C@@H](C(=O)N[C@H](CC)c3ccccc3)N(C(=O)[C@@H](NC(=O)[C@H](C)NC)C(C)(C)C)C2)c2c1-c1cnc(N)c(c1)O[C@H](C)c1cc(C)ccc1C(=O)N(C)C2. The van der Waals surface area contributed by atoms with Crippen LogP contribution in [0.1, 0.15) is 144 Å². The van der Waals surface area contributed by atoms with Crippen LogP contribution in [0.3, 0.4) is 0 Å². The number of nitrogens with one attached hydrogen (secondary N) is 5. The van der Waals surface area contributed by atoms with Crippen molar-refractivity contribution >= 4 is 41.2 Å². The maximum Gasteiger partial charge on any atom is 0.303 e. The fourth-order valence-electron chi connectivity index (χ4n) is 9.73. The normalized spacial score (nSPS) is 17.8. The van der Waals surface area contributed by atoms with Gasteiger partial charge in [0.15, 0.2) is 11.6 Å². The molecule has 1 fully saturated rings. The van der Waals surface area contributed by atoms with Crippen LogP contribution in [-0.4, -0.2) is 112 Å². The molecule has 2 aliphatic rings. The molecule has 4 heterocycles. The highest BCUT2D eigenvalue weighted by Crippen LogP contribution is 2.39. The van der Waals surface area contributed by atoms with E-state index in [0.717, 1.165) is 61.8 Å². The number of rotatable bonds is 21. The second-order valence-electron chi connectivity index (χ2n) is 20.9. The molecule has 1 saturated heterocycles. The molecule has 18 heteroatoms. The van der Waals surface area contributed by atoms with Crippen LogP contribution < -0.4 is 37.1 Å². The smallest absolute Gasteiger partial charge is 0.303 e. The van der Waals surface area contributed by atoms with Gasteiger partial charge in [-0.3, -0.25) is 24.0 Å². The molecule has 2 aromatic carbocycles. The first-order valence-electron chi connectivity index (χ1n) is 26.2. The highest BCUT2D eigenvalue weighted by molar-refractivity contribution is 5.96. The average molecular weight is 1020 g/mol. The van der Waals surface area contributed by atoms with Gasteiger partial charge in [-0.15, -0.1) is 0 Å². The van der Waals surface area contributed by atoms with E-state index in [4.69, 9.17) is 17.0 Å². The molecule has 0 aliphatic carbocycles. The van der Waals surface area contributed by atoms with Gasteiger partial charge in [-0.2, -0.15) is 4.68 Å². The first-order chi connectivity index (χ1) is 35.3. The number of hydrogen-bond acceptors (Lipinski definition) is 11. The minimum Gasteiger partial charge on any atom is -0.482 e. The molecule has 2 aromatic heterocycles. The van der Waals surface area contributed by atoms with E-state index in [1.165, 1.54) is 0 Å². The third-order valence-electron chi connectivity index (χ3n) is 14.2. The van der Waals surface area contributed by atoms with E-state index in [1.54, 1.807) is 53.8 Å². The van der Waals surface area contributed by atoms with Crippen molar-refractivity contribution in [3.63, 3.8) is 0 Å². The standard InChI is InChI=1S/C56H78N12O6/c1-11-43(38-21-17-16-18-22-38)63-53(71)44-31-40(33-67(44)55(73)49(56(5,6)7)64-52(70)36(3)58-8)60-26-20-15-13-12-14-19-23-47(69)61-27-28-68-45-34-66(10)54(72)41-25-24-35(2)29-42(41)37(4)74-46-30-39(32-62-50(46)57)48(45)51(59-9)65-68/h16-18,21-22,24-25,29-30,32,36-37,40,43-44,49,58,60H,11-15,19-20,23,26-28,31,33-34H2,1-8,10H3,(H2,57,62)(H,61,69)(H,63,71)(H,64,70)/t36-,37+,40-,43+,44-,49+/m0/s1. The predicted molar refractivity (Wildman–Crippen MR) is 287 cm³/mol. The van der Waals surface area contributed by atoms with Gasteiger partial charge >= 0.3 is 5.82 Å². The number of pyridine rings is 1. The number of nitrogens with two attached hydrogens (primary N) is 1. The van der Waals surface area contributed by atoms with E-state index in [2.05, 4.69) is 41.5 Å². The van der Waals surface area contributed by atoms with Crippen LogP contribution in [-0.2, 0) is 32.3 Å². The Balaban J connectivity index is 0.977. The number of nitrogens with zero attached hydrogens (tertiary/aromatic N) is 6. The van der Waals surface area contributed by atoms with Crippen molar-refractivity contribution in [1.29, 1.82) is 0 Å². The fraction of sp³-hybridized carbons (Fsp3) is 0.536. The van der Waals surface area contributed by atoms with Gasteiger partial charge in [-0.25, -0.2) is 4.98 Å². The number of amides is 5. The number of carbonyl (C=O) groups is 5. The minimum atomic E-state index is -0.830. The Hall–Kier alpha value is -6.84. The highest BCUT2D eigenvalue weighted by atomic mass is 16.5. The molecule has 0 saturated carbocycles. The maximum absolute atomic E-state index is 14.4. The van der Waals surface area contributed by atoms with Crippen LogP contribution in [0.4, 0.5) is 11.6 Å². The lowest BCUT2D eigenvalue weighted by atomic mass is 9.85. The number of ether oxygens (including phenoxy) is 1. The number of carbonyl (C=O) groups excluding carboxylic acids is 5. The molecule has 7 N–H and O–H groups in total. The summed E-state index contributed by atoms with van der Waals surface area (Å²) >= 11 is 0. The highest BCUT2D eigenvalue weighted by Gasteiger charge is 2.45. The topological polar surface area (TPSA) is 222 Å². The molecule has 6 atom stereocenters. The van der Waals surface area contributed by atoms with Gasteiger partial charge in [0.25, 0.3) is 5.91 Å². The number of anilines is 1. The number of aromatic nitrogens is 3. The van der Waals surface area contributed by atoms with Gasteiger partial charge in [-0.05, 0) is 93.8 Å². The number of hydrogen-bond donors (Lipinski definition) is 6. The van der Waals surface area contributed by atoms with E-state index in [-0.39, 0.29) is 72.9 Å². The van der Waals surface area contributed by atoms with Gasteiger partial charge < -0.3 is 51.7 Å². The summed E-state index contributed by atoms with van der Waals surface area (Å²) in [6, 6.07) is 14.9. The summed E-state index contributed by atoms with van der Waals surface area (Å²) in [6.45, 7) is 23.1. The van der Waals surface area contributed by atoms with Gasteiger partial charge in [0.1, 0.15) is 18.2 Å². The van der Waals surface area contributed by atoms with E-state index >= 15 is 0 Å². The summed E-state index contributed by atoms with van der Waals surface area (Å²) in [6.07, 6.45) is 8.14. The quantitative estimate of drug-likeness (QED) is 0.0371. The molecule has 6 rings (SSSR count). The van der Waals surface area contributed by atoms with Crippen molar-refractivity contribution in [1.82, 2.24) is 51.1 Å². The third kappa shape index (κ3) is 14.3. The van der Waals surface area contributed by atoms with Crippen LogP contribution in [0.25, 0.3) is 16.0 Å². The van der Waals surface area contributed by atoms with E-state index < -0.39 is 29.6 Å². The van der Waals surface area contributed by atoms with Gasteiger partial charge in [0, 0.05) is 55.5 Å². The van der Waals surface area contributed by atoms with Crippen LogP contribution in [0.2, 0.25) is 0 Å². The average Bonchev–Trinajstić information content (AvgIpc) is 3.97. The largest absolute Gasteiger partial charge is 0.482 e. The Kier molecular flexibility index (Phi) is 19.8. The summed E-state index contributed by atoms with van der Waals surface area (Å²) < 4.78 is 8.01. The van der Waals surface area contributed by atoms with Crippen molar-refractivity contribution in [3.05, 3.63) is 100 Å². The number of likely N-dealkylation sites (tertiary alicyclic amines) is 1. The van der Waals surface area contributed by atoms with Gasteiger partial charge in [-0.1, -0.05) is 108 Å². The summed E-state index contributed by atoms with van der Waals surface area (Å²) in [5, 5.41) is 20.4. The van der Waals surface area contributed by atoms with Crippen molar-refractivity contribution in [2.24, 2.45) is 5.41 Å². The molecular weight excluding hydrogens is 937 g/mol. The van der Waals surface area contributed by atoms with Crippen LogP contribution >= 0.6 is 0 Å². The van der Waals surface area contributed by atoms with E-state index in [0.29, 0.717) is 53.9 Å². The zero-order valence-corrected chi connectivity index (χ0v) is 44.8. The Bertz CT molecular complexity index is 2640. The fourth-order valence-corrected chi connectivity index (χ4v) is 9.73. The lowest BCUT2D eigenvalue weighted by Gasteiger charge is -2.36. The third-order valence-corrected chi connectivity index (χ3v) is 14.2. The molecule has 18 nitrogen and oxygen atoms in total. The zero-order valence-electron chi connectivity index (χ0n) is 44.8. The van der Waals surface area contributed by atoms with Crippen molar-refractivity contribution < 1.29 is 28.7 Å². The van der Waals surface area contributed by atoms with Crippen molar-refractivity contribution in [2.75, 3.05) is 39.5 Å². The van der Waals surface area contributed by atoms with Crippen LogP contribution in [0.5, 0.6) is 5.75 Å². The molecule has 5 amide bonds. The number of nitrogen functional groups attached to an aromatic ring is 1. The number of aryl methyl sites for hydroxylation is 1. The van der Waals surface area contributed by atoms with Gasteiger partial charge in [0.05, 0.1) is 30.9 Å². The Labute approximate surface area is 437 Å². The molecule has 398 valence electrons. The van der Waals surface area contributed by atoms with E-state index in [1.807, 2.05) is 84.0 Å². The second kappa shape index (κ2) is 25.9. The second-order valence-corrected chi connectivity index (χ2v) is 20.9. The summed E-state index contributed by atoms with van der Waals surface area (Å²) in [4.78, 5) is 80.0. The molecule has 0 unspecified atom stereocenters. The molecule has 0 radical (unpaired) electrons. The first-order valence-corrected chi connectivity index (χ1v) is 26.2. The van der Waals surface area contributed by atoms with Crippen LogP contribution in [0, 0.1) is 18.9 Å². The number of likely N-dealkylation sites (N-methyl/N-ethyl adjacent to an activating group) is 1. The van der Waals surface area contributed by atoms with Crippen LogP contribution in [0.15, 0.2) is 60.8 Å². The van der Waals surface area contributed by atoms with Crippen molar-refractivity contribution in [3.8, 4) is 16.9 Å². The lowest BCUT2D eigenvalue weighted by Crippen LogP contribution is -2.59. The predicted octanol–water partition coefficient (Wildman–Crippen LogP) is 6.92. The summed E-state index contributed by atoms with van der Waals surface area (Å²) in [5.74, 6) is -0.369. The maximum atomic E-state index is 14.4. The summed E-state index contributed by atoms with van der Waals surface area (Å²) in [5.41, 5.74) is 10.6. The Morgan fingerprint density at radius 2 is 1.70 bits per heavy atom. The number of unbranched alkanes of at least 4 members (excludes halogenated alkanes) is 5. The molecule has 4 aromatic rings. The molecule has 2 bridgehead atoms. The lowest BCUT2D eigenvalue weighted by molar-refractivity contribution is -0.144. The number of fused-ring (bicyclic) bond motifs is 5. The molecule has 0 spiro atoms. The zero-order chi connectivity index (χ0) is 53.7. The van der Waals surface area contributed by atoms with Gasteiger partial charge in [0.2, 0.25) is 23.6 Å². The monoisotopic (exact) mass is 1010 g/mol.